The van der Waals surface area contributed by atoms with Crippen molar-refractivity contribution in [3.05, 3.63) is 35.7 Å². The molecule has 0 aliphatic rings. The highest BCUT2D eigenvalue weighted by Crippen LogP contribution is 2.25. The molecule has 0 bridgehead atoms. The lowest BCUT2D eigenvalue weighted by atomic mass is 9.89. The highest BCUT2D eigenvalue weighted by atomic mass is 19.1. The maximum Gasteiger partial charge on any atom is 0.188 e. The van der Waals surface area contributed by atoms with E-state index in [0.717, 1.165) is 11.1 Å². The van der Waals surface area contributed by atoms with Gasteiger partial charge in [0.1, 0.15) is 0 Å². The van der Waals surface area contributed by atoms with Crippen molar-refractivity contribution in [2.24, 2.45) is 11.8 Å². The van der Waals surface area contributed by atoms with Crippen LogP contribution in [0.2, 0.25) is 0 Å². The van der Waals surface area contributed by atoms with Gasteiger partial charge in [0.25, 0.3) is 0 Å². The van der Waals surface area contributed by atoms with Gasteiger partial charge in [0, 0.05) is 5.92 Å². The van der Waals surface area contributed by atoms with E-state index in [1.807, 2.05) is 20.8 Å². The molecule has 1 nitrogen and oxygen atoms in total. The zero-order valence-electron chi connectivity index (χ0n) is 11.7. The Morgan fingerprint density at radius 3 is 2.22 bits per heavy atom. The number of rotatable bonds is 7. The fourth-order valence-electron chi connectivity index (χ4n) is 1.78. The summed E-state index contributed by atoms with van der Waals surface area (Å²) in [5.41, 5.74) is 1.74. The fourth-order valence-corrected chi connectivity index (χ4v) is 1.78. The zero-order valence-corrected chi connectivity index (χ0v) is 11.7. The Morgan fingerprint density at radius 1 is 1.33 bits per heavy atom. The number of allylic oxidation sites excluding steroid dienone is 5. The summed E-state index contributed by atoms with van der Waals surface area (Å²) in [6.45, 7) is 10.9. The molecule has 2 unspecified atom stereocenters. The first kappa shape index (κ1) is 16.8. The van der Waals surface area contributed by atoms with Gasteiger partial charge in [-0.05, 0) is 38.2 Å². The standard InChI is InChI=1S/C15H23F2N/c1-6-13(15(17)18)9-14(10(2)3)11(4)7-8-12(5)16/h8-9,11,13,18H,2,6-7H2,1,3-5H3/b12-8+,14-9-,18-15?. The van der Waals surface area contributed by atoms with E-state index in [2.05, 4.69) is 6.58 Å². The van der Waals surface area contributed by atoms with E-state index in [1.54, 1.807) is 6.08 Å². The van der Waals surface area contributed by atoms with Gasteiger partial charge in [-0.2, -0.15) is 4.39 Å². The van der Waals surface area contributed by atoms with Crippen LogP contribution in [-0.2, 0) is 0 Å². The summed E-state index contributed by atoms with van der Waals surface area (Å²) in [6, 6.07) is 0. The first-order chi connectivity index (χ1) is 8.29. The molecule has 0 saturated heterocycles. The molecule has 0 spiro atoms. The second-order valence-corrected chi connectivity index (χ2v) is 4.69. The number of nitrogens with one attached hydrogen (secondary N) is 1. The van der Waals surface area contributed by atoms with Crippen molar-refractivity contribution in [1.29, 1.82) is 5.41 Å². The smallest absolute Gasteiger partial charge is 0.188 e. The van der Waals surface area contributed by atoms with Crippen molar-refractivity contribution in [3.63, 3.8) is 0 Å². The van der Waals surface area contributed by atoms with Crippen LogP contribution in [0.3, 0.4) is 0 Å². The number of hydrogen-bond donors (Lipinski definition) is 1. The van der Waals surface area contributed by atoms with Crippen molar-refractivity contribution in [2.75, 3.05) is 0 Å². The SMILES string of the molecule is C=C(C)/C(=C/C(CC)C(=N)F)C(C)C/C=C(\C)F. The Morgan fingerprint density at radius 2 is 1.89 bits per heavy atom. The topological polar surface area (TPSA) is 23.9 Å². The molecule has 2 atom stereocenters. The molecule has 0 amide bonds. The maximum atomic E-state index is 13.0. The van der Waals surface area contributed by atoms with Gasteiger partial charge in [-0.25, -0.2) is 4.39 Å². The van der Waals surface area contributed by atoms with Gasteiger partial charge < -0.3 is 0 Å². The molecule has 0 aliphatic carbocycles. The minimum absolute atomic E-state index is 0.0709. The van der Waals surface area contributed by atoms with Gasteiger partial charge >= 0.3 is 0 Å². The van der Waals surface area contributed by atoms with E-state index < -0.39 is 11.9 Å². The molecule has 3 heteroatoms. The third kappa shape index (κ3) is 5.89. The average molecular weight is 255 g/mol. The first-order valence-corrected chi connectivity index (χ1v) is 6.23. The molecule has 0 heterocycles. The Kier molecular flexibility index (Phi) is 7.41. The Hall–Kier alpha value is -1.25. The van der Waals surface area contributed by atoms with Gasteiger partial charge in [0.05, 0.1) is 5.83 Å². The van der Waals surface area contributed by atoms with Crippen molar-refractivity contribution in [1.82, 2.24) is 0 Å². The van der Waals surface area contributed by atoms with Crippen LogP contribution >= 0.6 is 0 Å². The quantitative estimate of drug-likeness (QED) is 0.467. The molecule has 0 aliphatic heterocycles. The van der Waals surface area contributed by atoms with Crippen LogP contribution in [-0.4, -0.2) is 5.97 Å². The van der Waals surface area contributed by atoms with Gasteiger partial charge in [0.15, 0.2) is 5.97 Å². The van der Waals surface area contributed by atoms with Gasteiger partial charge in [-0.1, -0.05) is 38.2 Å². The monoisotopic (exact) mass is 255 g/mol. The van der Waals surface area contributed by atoms with E-state index >= 15 is 0 Å². The summed E-state index contributed by atoms with van der Waals surface area (Å²) in [5, 5.41) is 7.08. The lowest BCUT2D eigenvalue weighted by Crippen LogP contribution is -2.09. The van der Waals surface area contributed by atoms with Crippen LogP contribution in [0.5, 0.6) is 0 Å². The predicted octanol–water partition coefficient (Wildman–Crippen LogP) is 5.36. The molecule has 0 saturated carbocycles. The minimum Gasteiger partial charge on any atom is -0.277 e. The van der Waals surface area contributed by atoms with E-state index in [0.29, 0.717) is 12.8 Å². The molecule has 0 fully saturated rings. The Balaban J connectivity index is 5.06. The van der Waals surface area contributed by atoms with Crippen LogP contribution in [0.15, 0.2) is 35.7 Å². The summed E-state index contributed by atoms with van der Waals surface area (Å²) in [4.78, 5) is 0. The highest BCUT2D eigenvalue weighted by Gasteiger charge is 2.15. The minimum atomic E-state index is -0.833. The molecular formula is C15H23F2N. The third-order valence-electron chi connectivity index (χ3n) is 2.92. The second kappa shape index (κ2) is 7.96. The van der Waals surface area contributed by atoms with Crippen LogP contribution in [0.4, 0.5) is 8.78 Å². The average Bonchev–Trinajstić information content (AvgIpc) is 2.26. The summed E-state index contributed by atoms with van der Waals surface area (Å²) >= 11 is 0. The van der Waals surface area contributed by atoms with Crippen LogP contribution in [0.25, 0.3) is 0 Å². The molecule has 1 N–H and O–H groups in total. The van der Waals surface area contributed by atoms with Crippen LogP contribution < -0.4 is 0 Å². The molecule has 18 heavy (non-hydrogen) atoms. The molecule has 0 aromatic carbocycles. The Labute approximate surface area is 109 Å². The lowest BCUT2D eigenvalue weighted by Gasteiger charge is -2.17. The molecule has 102 valence electrons. The van der Waals surface area contributed by atoms with Crippen LogP contribution in [0.1, 0.15) is 40.5 Å². The summed E-state index contributed by atoms with van der Waals surface area (Å²) in [7, 11) is 0. The Bertz CT molecular complexity index is 363. The molecule has 0 radical (unpaired) electrons. The summed E-state index contributed by atoms with van der Waals surface area (Å²) in [6.07, 6.45) is 4.35. The third-order valence-corrected chi connectivity index (χ3v) is 2.92. The van der Waals surface area contributed by atoms with Crippen molar-refractivity contribution in [3.8, 4) is 0 Å². The second-order valence-electron chi connectivity index (χ2n) is 4.69. The summed E-state index contributed by atoms with van der Waals surface area (Å²) in [5.74, 6) is -1.48. The zero-order chi connectivity index (χ0) is 14.3. The van der Waals surface area contributed by atoms with Gasteiger partial charge in [0.2, 0.25) is 0 Å². The highest BCUT2D eigenvalue weighted by molar-refractivity contribution is 5.76. The normalized spacial score (nSPS) is 16.3. The molecule has 0 aromatic heterocycles. The van der Waals surface area contributed by atoms with E-state index in [4.69, 9.17) is 5.41 Å². The van der Waals surface area contributed by atoms with Gasteiger partial charge in [-0.3, -0.25) is 5.41 Å². The van der Waals surface area contributed by atoms with E-state index in [9.17, 15) is 8.78 Å². The largest absolute Gasteiger partial charge is 0.277 e. The van der Waals surface area contributed by atoms with Gasteiger partial charge in [-0.15, -0.1) is 0 Å². The fraction of sp³-hybridized carbons (Fsp3) is 0.533. The predicted molar refractivity (Wildman–Crippen MR) is 74.2 cm³/mol. The summed E-state index contributed by atoms with van der Waals surface area (Å²) < 4.78 is 25.7. The first-order valence-electron chi connectivity index (χ1n) is 6.23. The van der Waals surface area contributed by atoms with Crippen molar-refractivity contribution < 1.29 is 8.78 Å². The van der Waals surface area contributed by atoms with E-state index in [-0.39, 0.29) is 11.7 Å². The molecule has 0 aromatic rings. The molecule has 0 rings (SSSR count). The lowest BCUT2D eigenvalue weighted by molar-refractivity contribution is 0.610. The van der Waals surface area contributed by atoms with Crippen molar-refractivity contribution in [2.45, 2.75) is 40.5 Å². The maximum absolute atomic E-state index is 13.0. The molecular weight excluding hydrogens is 232 g/mol. The van der Waals surface area contributed by atoms with E-state index in [1.165, 1.54) is 13.0 Å². The van der Waals surface area contributed by atoms with Crippen LogP contribution in [0, 0.1) is 17.2 Å². The van der Waals surface area contributed by atoms with Crippen molar-refractivity contribution >= 4 is 5.97 Å². The number of hydrogen-bond acceptors (Lipinski definition) is 1. The number of halogens is 2.